The van der Waals surface area contributed by atoms with E-state index in [0.717, 1.165) is 12.1 Å². The first-order chi connectivity index (χ1) is 5.40. The van der Waals surface area contributed by atoms with Crippen molar-refractivity contribution in [3.63, 3.8) is 0 Å². The summed E-state index contributed by atoms with van der Waals surface area (Å²) in [5.74, 6) is 0. The Morgan fingerprint density at radius 2 is 2.73 bits per heavy atom. The molecule has 0 amide bonds. The van der Waals surface area contributed by atoms with E-state index in [1.165, 1.54) is 0 Å². The monoisotopic (exact) mass is 150 g/mol. The molecule has 0 unspecified atom stereocenters. The van der Waals surface area contributed by atoms with Gasteiger partial charge in [-0.15, -0.1) is 5.10 Å². The Hall–Kier alpha value is -1.55. The third-order valence-corrected chi connectivity index (χ3v) is 1.74. The maximum Gasteiger partial charge on any atom is 0.0725 e. The van der Waals surface area contributed by atoms with Gasteiger partial charge in [0.05, 0.1) is 24.5 Å². The van der Waals surface area contributed by atoms with E-state index in [9.17, 15) is 0 Å². The Labute approximate surface area is 62.4 Å². The van der Waals surface area contributed by atoms with E-state index in [4.69, 9.17) is 5.53 Å². The van der Waals surface area contributed by atoms with Crippen molar-refractivity contribution >= 4 is 0 Å². The molecule has 1 aliphatic heterocycles. The lowest BCUT2D eigenvalue weighted by Gasteiger charge is -1.94. The number of azide groups is 1. The van der Waals surface area contributed by atoms with E-state index in [2.05, 4.69) is 20.3 Å². The van der Waals surface area contributed by atoms with Gasteiger partial charge in [0, 0.05) is 11.3 Å². The van der Waals surface area contributed by atoms with Crippen LogP contribution in [0.3, 0.4) is 0 Å². The van der Waals surface area contributed by atoms with E-state index >= 15 is 0 Å². The molecule has 1 aromatic heterocycles. The van der Waals surface area contributed by atoms with Crippen molar-refractivity contribution in [2.75, 3.05) is 0 Å². The van der Waals surface area contributed by atoms with Gasteiger partial charge >= 0.3 is 0 Å². The lowest BCUT2D eigenvalue weighted by atomic mass is 10.2. The normalized spacial score (nSPS) is 20.9. The zero-order chi connectivity index (χ0) is 7.68. The molecule has 0 fully saturated rings. The highest BCUT2D eigenvalue weighted by Gasteiger charge is 2.20. The Morgan fingerprint density at radius 1 is 1.82 bits per heavy atom. The van der Waals surface area contributed by atoms with Crippen LogP contribution >= 0.6 is 0 Å². The fraction of sp³-hybridized carbons (Fsp3) is 0.600. The van der Waals surface area contributed by atoms with Crippen LogP contribution in [0.25, 0.3) is 10.4 Å². The van der Waals surface area contributed by atoms with Gasteiger partial charge in [-0.25, -0.2) is 4.68 Å². The van der Waals surface area contributed by atoms with Crippen LogP contribution in [0, 0.1) is 0 Å². The second-order valence-electron chi connectivity index (χ2n) is 2.47. The number of fused-ring (bicyclic) bond motifs is 1. The molecule has 0 bridgehead atoms. The standard InChI is InChI=1S/C5H6N6/c6-9-8-4-1-5-2-7-10-11(5)3-4/h2,4H,1,3H2/t4-/m0/s1. The van der Waals surface area contributed by atoms with Crippen molar-refractivity contribution < 1.29 is 0 Å². The van der Waals surface area contributed by atoms with Gasteiger partial charge < -0.3 is 0 Å². The molecule has 0 N–H and O–H groups in total. The van der Waals surface area contributed by atoms with Gasteiger partial charge in [-0.3, -0.25) is 0 Å². The quantitative estimate of drug-likeness (QED) is 0.332. The Kier molecular flexibility index (Phi) is 1.26. The molecule has 0 spiro atoms. The summed E-state index contributed by atoms with van der Waals surface area (Å²) >= 11 is 0. The van der Waals surface area contributed by atoms with E-state index in [1.807, 2.05) is 0 Å². The summed E-state index contributed by atoms with van der Waals surface area (Å²) in [6.07, 6.45) is 2.46. The predicted molar refractivity (Wildman–Crippen MR) is 36.7 cm³/mol. The molecule has 56 valence electrons. The molecule has 2 heterocycles. The van der Waals surface area contributed by atoms with Crippen LogP contribution in [0.4, 0.5) is 0 Å². The summed E-state index contributed by atoms with van der Waals surface area (Å²) in [7, 11) is 0. The minimum Gasteiger partial charge on any atom is -0.249 e. The van der Waals surface area contributed by atoms with E-state index in [-0.39, 0.29) is 6.04 Å². The minimum atomic E-state index is 0.0329. The van der Waals surface area contributed by atoms with Gasteiger partial charge in [0.25, 0.3) is 0 Å². The smallest absolute Gasteiger partial charge is 0.0725 e. The fourth-order valence-corrected chi connectivity index (χ4v) is 1.25. The first-order valence-electron chi connectivity index (χ1n) is 3.31. The summed E-state index contributed by atoms with van der Waals surface area (Å²) in [4.78, 5) is 2.74. The molecular weight excluding hydrogens is 144 g/mol. The molecule has 6 nitrogen and oxygen atoms in total. The molecule has 1 aliphatic rings. The highest BCUT2D eigenvalue weighted by Crippen LogP contribution is 2.14. The van der Waals surface area contributed by atoms with Crippen molar-refractivity contribution in [3.8, 4) is 0 Å². The molecular formula is C5H6N6. The van der Waals surface area contributed by atoms with Crippen molar-refractivity contribution in [2.45, 2.75) is 19.0 Å². The lowest BCUT2D eigenvalue weighted by Crippen LogP contribution is -2.05. The van der Waals surface area contributed by atoms with Crippen molar-refractivity contribution in [1.29, 1.82) is 0 Å². The summed E-state index contributed by atoms with van der Waals surface area (Å²) < 4.78 is 1.76. The molecule has 0 aromatic carbocycles. The highest BCUT2D eigenvalue weighted by molar-refractivity contribution is 5.03. The fourth-order valence-electron chi connectivity index (χ4n) is 1.25. The molecule has 11 heavy (non-hydrogen) atoms. The number of rotatable bonds is 1. The van der Waals surface area contributed by atoms with Gasteiger partial charge in [0.15, 0.2) is 0 Å². The molecule has 2 rings (SSSR count). The SMILES string of the molecule is [N-]=[N+]=N[C@H]1Cc2cnnn2C1. The molecule has 0 saturated heterocycles. The lowest BCUT2D eigenvalue weighted by molar-refractivity contribution is 0.567. The second kappa shape index (κ2) is 2.25. The zero-order valence-electron chi connectivity index (χ0n) is 5.75. The summed E-state index contributed by atoms with van der Waals surface area (Å²) in [6, 6.07) is 0.0329. The van der Waals surface area contributed by atoms with Gasteiger partial charge in [0.2, 0.25) is 0 Å². The van der Waals surface area contributed by atoms with Crippen molar-refractivity contribution in [2.24, 2.45) is 5.11 Å². The van der Waals surface area contributed by atoms with Crippen molar-refractivity contribution in [3.05, 3.63) is 22.3 Å². The Balaban J connectivity index is 2.21. The maximum atomic E-state index is 8.16. The maximum absolute atomic E-state index is 8.16. The van der Waals surface area contributed by atoms with Crippen LogP contribution in [0.2, 0.25) is 0 Å². The van der Waals surface area contributed by atoms with E-state index in [0.29, 0.717) is 6.54 Å². The van der Waals surface area contributed by atoms with Crippen LogP contribution in [0.1, 0.15) is 5.69 Å². The predicted octanol–water partition coefficient (Wildman–Crippen LogP) is 0.513. The topological polar surface area (TPSA) is 79.5 Å². The van der Waals surface area contributed by atoms with Crippen LogP contribution in [0.5, 0.6) is 0 Å². The third kappa shape index (κ3) is 0.929. The molecule has 0 radical (unpaired) electrons. The Bertz CT molecular complexity index is 288. The number of hydrogen-bond acceptors (Lipinski definition) is 3. The number of nitrogens with zero attached hydrogens (tertiary/aromatic N) is 6. The molecule has 0 aliphatic carbocycles. The number of aromatic nitrogens is 3. The van der Waals surface area contributed by atoms with Gasteiger partial charge in [0.1, 0.15) is 0 Å². The van der Waals surface area contributed by atoms with Crippen LogP contribution in [-0.2, 0) is 13.0 Å². The van der Waals surface area contributed by atoms with Gasteiger partial charge in [-0.05, 0) is 5.53 Å². The summed E-state index contributed by atoms with van der Waals surface area (Å²) in [5, 5.41) is 11.1. The minimum absolute atomic E-state index is 0.0329. The summed E-state index contributed by atoms with van der Waals surface area (Å²) in [6.45, 7) is 0.666. The van der Waals surface area contributed by atoms with E-state index < -0.39 is 0 Å². The van der Waals surface area contributed by atoms with Crippen LogP contribution < -0.4 is 0 Å². The summed E-state index contributed by atoms with van der Waals surface area (Å²) in [5.41, 5.74) is 9.20. The van der Waals surface area contributed by atoms with Crippen LogP contribution in [0.15, 0.2) is 11.3 Å². The van der Waals surface area contributed by atoms with Crippen molar-refractivity contribution in [1.82, 2.24) is 15.0 Å². The number of hydrogen-bond donors (Lipinski definition) is 0. The third-order valence-electron chi connectivity index (χ3n) is 1.74. The molecule has 1 aromatic rings. The highest BCUT2D eigenvalue weighted by atomic mass is 15.4. The van der Waals surface area contributed by atoms with E-state index in [1.54, 1.807) is 10.9 Å². The average molecular weight is 150 g/mol. The zero-order valence-corrected chi connectivity index (χ0v) is 5.75. The van der Waals surface area contributed by atoms with Crippen LogP contribution in [-0.4, -0.2) is 21.0 Å². The molecule has 1 atom stereocenters. The first-order valence-corrected chi connectivity index (χ1v) is 3.31. The first kappa shape index (κ1) is 6.18. The molecule has 0 saturated carbocycles. The average Bonchev–Trinajstić information content (AvgIpc) is 2.46. The largest absolute Gasteiger partial charge is 0.249 e. The van der Waals surface area contributed by atoms with Gasteiger partial charge in [-0.2, -0.15) is 0 Å². The van der Waals surface area contributed by atoms with Gasteiger partial charge in [-0.1, -0.05) is 10.3 Å². The molecule has 6 heteroatoms. The second-order valence-corrected chi connectivity index (χ2v) is 2.47. The Morgan fingerprint density at radius 3 is 3.45 bits per heavy atom.